The predicted molar refractivity (Wildman–Crippen MR) is 71.2 cm³/mol. The molecule has 0 aromatic heterocycles. The second-order valence-corrected chi connectivity index (χ2v) is 5.11. The van der Waals surface area contributed by atoms with E-state index < -0.39 is 0 Å². The second-order valence-electron chi connectivity index (χ2n) is 5.11. The summed E-state index contributed by atoms with van der Waals surface area (Å²) in [5, 5.41) is 9.34. The van der Waals surface area contributed by atoms with Crippen LogP contribution in [0.1, 0.15) is 18.4 Å². The van der Waals surface area contributed by atoms with Crippen molar-refractivity contribution in [2.45, 2.75) is 25.5 Å². The highest BCUT2D eigenvalue weighted by Crippen LogP contribution is 2.28. The number of hydrogen-bond acceptors (Lipinski definition) is 3. The molecule has 1 fully saturated rings. The molecule has 0 radical (unpaired) electrons. The van der Waals surface area contributed by atoms with Crippen LogP contribution in [0.25, 0.3) is 0 Å². The molecule has 18 heavy (non-hydrogen) atoms. The van der Waals surface area contributed by atoms with Gasteiger partial charge in [0.15, 0.2) is 0 Å². The van der Waals surface area contributed by atoms with Crippen molar-refractivity contribution in [1.82, 2.24) is 4.90 Å². The minimum Gasteiger partial charge on any atom is -0.392 e. The first-order valence-corrected chi connectivity index (χ1v) is 6.43. The summed E-state index contributed by atoms with van der Waals surface area (Å²) in [7, 11) is 4.12. The first kappa shape index (κ1) is 13.3. The maximum atomic E-state index is 14.0. The molecule has 0 aliphatic carbocycles. The number of aliphatic hydroxyl groups excluding tert-OH is 1. The Hall–Kier alpha value is -1.13. The van der Waals surface area contributed by atoms with Crippen LogP contribution in [0.5, 0.6) is 0 Å². The summed E-state index contributed by atoms with van der Waals surface area (Å²) in [4.78, 5) is 4.25. The van der Waals surface area contributed by atoms with Crippen molar-refractivity contribution >= 4 is 5.69 Å². The van der Waals surface area contributed by atoms with E-state index in [0.29, 0.717) is 17.3 Å². The molecule has 4 heteroatoms. The zero-order valence-corrected chi connectivity index (χ0v) is 11.1. The number of rotatable bonds is 3. The van der Waals surface area contributed by atoms with Gasteiger partial charge in [-0.05, 0) is 33.0 Å². The Morgan fingerprint density at radius 2 is 2.22 bits per heavy atom. The van der Waals surface area contributed by atoms with Crippen LogP contribution in [-0.4, -0.2) is 43.2 Å². The molecular weight excluding hydrogens is 231 g/mol. The highest BCUT2D eigenvalue weighted by Gasteiger charge is 2.24. The summed E-state index contributed by atoms with van der Waals surface area (Å²) in [6.45, 7) is 1.56. The normalized spacial score (nSPS) is 20.5. The third-order valence-electron chi connectivity index (χ3n) is 3.68. The van der Waals surface area contributed by atoms with Gasteiger partial charge in [0.2, 0.25) is 0 Å². The van der Waals surface area contributed by atoms with Crippen LogP contribution in [0, 0.1) is 5.82 Å². The fourth-order valence-corrected chi connectivity index (χ4v) is 2.62. The number of likely N-dealkylation sites (N-methyl/N-ethyl adjacent to an activating group) is 1. The smallest absolute Gasteiger partial charge is 0.146 e. The maximum Gasteiger partial charge on any atom is 0.146 e. The van der Waals surface area contributed by atoms with Gasteiger partial charge in [-0.25, -0.2) is 4.39 Å². The zero-order chi connectivity index (χ0) is 13.1. The monoisotopic (exact) mass is 252 g/mol. The fourth-order valence-electron chi connectivity index (χ4n) is 2.62. The van der Waals surface area contributed by atoms with Crippen LogP contribution in [0.3, 0.4) is 0 Å². The van der Waals surface area contributed by atoms with E-state index in [1.807, 2.05) is 0 Å². The molecule has 0 saturated carbocycles. The zero-order valence-electron chi connectivity index (χ0n) is 11.1. The van der Waals surface area contributed by atoms with Crippen molar-refractivity contribution < 1.29 is 9.50 Å². The summed E-state index contributed by atoms with van der Waals surface area (Å²) in [6.07, 6.45) is 2.20. The van der Waals surface area contributed by atoms with Crippen molar-refractivity contribution in [3.05, 3.63) is 29.6 Å². The third kappa shape index (κ3) is 2.65. The third-order valence-corrected chi connectivity index (χ3v) is 3.68. The van der Waals surface area contributed by atoms with Crippen LogP contribution in [0.4, 0.5) is 10.1 Å². The van der Waals surface area contributed by atoms with Gasteiger partial charge in [-0.1, -0.05) is 12.1 Å². The summed E-state index contributed by atoms with van der Waals surface area (Å²) in [5.74, 6) is -0.235. The lowest BCUT2D eigenvalue weighted by molar-refractivity contribution is 0.255. The molecule has 2 rings (SSSR count). The lowest BCUT2D eigenvalue weighted by Gasteiger charge is -2.38. The highest BCUT2D eigenvalue weighted by atomic mass is 19.1. The van der Waals surface area contributed by atoms with Crippen LogP contribution in [0.2, 0.25) is 0 Å². The van der Waals surface area contributed by atoms with E-state index in [1.54, 1.807) is 12.1 Å². The lowest BCUT2D eigenvalue weighted by Crippen LogP contribution is -2.45. The Morgan fingerprint density at radius 1 is 1.44 bits per heavy atom. The number of halogens is 1. The van der Waals surface area contributed by atoms with Crippen LogP contribution < -0.4 is 4.90 Å². The fraction of sp³-hybridized carbons (Fsp3) is 0.571. The molecule has 1 heterocycles. The van der Waals surface area contributed by atoms with Gasteiger partial charge in [0, 0.05) is 24.7 Å². The first-order valence-electron chi connectivity index (χ1n) is 6.43. The number of benzene rings is 1. The number of aliphatic hydroxyl groups is 1. The molecule has 0 spiro atoms. The van der Waals surface area contributed by atoms with E-state index in [1.165, 1.54) is 6.07 Å². The maximum absolute atomic E-state index is 14.0. The van der Waals surface area contributed by atoms with E-state index in [-0.39, 0.29) is 12.4 Å². The van der Waals surface area contributed by atoms with Gasteiger partial charge in [-0.3, -0.25) is 0 Å². The van der Waals surface area contributed by atoms with Gasteiger partial charge >= 0.3 is 0 Å². The number of anilines is 1. The van der Waals surface area contributed by atoms with E-state index in [0.717, 1.165) is 25.9 Å². The molecule has 1 aliphatic rings. The van der Waals surface area contributed by atoms with E-state index in [9.17, 15) is 9.50 Å². The second kappa shape index (κ2) is 5.67. The molecule has 1 aromatic carbocycles. The lowest BCUT2D eigenvalue weighted by atomic mass is 10.0. The largest absolute Gasteiger partial charge is 0.392 e. The van der Waals surface area contributed by atoms with Gasteiger partial charge in [0.05, 0.1) is 12.3 Å². The van der Waals surface area contributed by atoms with Crippen LogP contribution >= 0.6 is 0 Å². The van der Waals surface area contributed by atoms with Gasteiger partial charge < -0.3 is 14.9 Å². The van der Waals surface area contributed by atoms with Crippen molar-refractivity contribution in [3.63, 3.8) is 0 Å². The Kier molecular flexibility index (Phi) is 4.19. The van der Waals surface area contributed by atoms with Gasteiger partial charge in [-0.15, -0.1) is 0 Å². The molecular formula is C14H21FN2O. The first-order chi connectivity index (χ1) is 8.63. The van der Waals surface area contributed by atoms with Gasteiger partial charge in [-0.2, -0.15) is 0 Å². The molecule has 1 aromatic rings. The molecule has 100 valence electrons. The molecule has 0 amide bonds. The minimum absolute atomic E-state index is 0.115. The van der Waals surface area contributed by atoms with Crippen LogP contribution in [-0.2, 0) is 6.61 Å². The minimum atomic E-state index is -0.235. The molecule has 1 N–H and O–H groups in total. The molecule has 3 nitrogen and oxygen atoms in total. The average Bonchev–Trinajstić information content (AvgIpc) is 2.38. The molecule has 0 bridgehead atoms. The Bertz CT molecular complexity index is 409. The molecule has 1 saturated heterocycles. The molecule has 1 unspecified atom stereocenters. The summed E-state index contributed by atoms with van der Waals surface area (Å²) in [5.41, 5.74) is 1.25. The summed E-state index contributed by atoms with van der Waals surface area (Å²) in [6, 6.07) is 5.35. The quantitative estimate of drug-likeness (QED) is 0.889. The number of para-hydroxylation sites is 1. The number of nitrogens with zero attached hydrogens (tertiary/aromatic N) is 2. The summed E-state index contributed by atoms with van der Waals surface area (Å²) < 4.78 is 14.0. The molecule has 1 atom stereocenters. The number of hydrogen-bond donors (Lipinski definition) is 1. The van der Waals surface area contributed by atoms with Gasteiger partial charge in [0.25, 0.3) is 0 Å². The summed E-state index contributed by atoms with van der Waals surface area (Å²) >= 11 is 0. The number of piperidine rings is 1. The Morgan fingerprint density at radius 3 is 2.89 bits per heavy atom. The SMILES string of the molecule is CN(C)C1CCCN(c2c(F)cccc2CO)C1. The van der Waals surface area contributed by atoms with Gasteiger partial charge in [0.1, 0.15) is 5.82 Å². The molecule has 1 aliphatic heterocycles. The standard InChI is InChI=1S/C14H21FN2O/c1-16(2)12-6-4-8-17(9-12)14-11(10-18)5-3-7-13(14)15/h3,5,7,12,18H,4,6,8-10H2,1-2H3. The van der Waals surface area contributed by atoms with E-state index in [2.05, 4.69) is 23.9 Å². The van der Waals surface area contributed by atoms with Crippen molar-refractivity contribution in [1.29, 1.82) is 0 Å². The van der Waals surface area contributed by atoms with Crippen molar-refractivity contribution in [2.75, 3.05) is 32.1 Å². The van der Waals surface area contributed by atoms with Crippen molar-refractivity contribution in [2.24, 2.45) is 0 Å². The van der Waals surface area contributed by atoms with E-state index in [4.69, 9.17) is 0 Å². The van der Waals surface area contributed by atoms with E-state index >= 15 is 0 Å². The highest BCUT2D eigenvalue weighted by molar-refractivity contribution is 5.55. The van der Waals surface area contributed by atoms with Crippen molar-refractivity contribution in [3.8, 4) is 0 Å². The Balaban J connectivity index is 2.25. The average molecular weight is 252 g/mol. The Labute approximate surface area is 108 Å². The van der Waals surface area contributed by atoms with Crippen LogP contribution in [0.15, 0.2) is 18.2 Å². The predicted octanol–water partition coefficient (Wildman–Crippen LogP) is 1.85. The topological polar surface area (TPSA) is 26.7 Å².